The Morgan fingerprint density at radius 3 is 2.26 bits per heavy atom. The molecule has 0 saturated carbocycles. The van der Waals surface area contributed by atoms with Crippen molar-refractivity contribution in [2.75, 3.05) is 13.1 Å². The molecular weight excluding hydrogens is 236 g/mol. The summed E-state index contributed by atoms with van der Waals surface area (Å²) in [5, 5.41) is 6.21. The van der Waals surface area contributed by atoms with E-state index in [9.17, 15) is 4.79 Å². The lowest BCUT2D eigenvalue weighted by Gasteiger charge is -2.19. The van der Waals surface area contributed by atoms with Gasteiger partial charge in [-0.15, -0.1) is 0 Å². The summed E-state index contributed by atoms with van der Waals surface area (Å²) in [6.45, 7) is 12.2. The summed E-state index contributed by atoms with van der Waals surface area (Å²) >= 11 is 0. The summed E-state index contributed by atoms with van der Waals surface area (Å²) in [5.41, 5.74) is 2.08. The largest absolute Gasteiger partial charge is 0.350 e. The van der Waals surface area contributed by atoms with Crippen LogP contribution in [0.2, 0.25) is 0 Å². The van der Waals surface area contributed by atoms with Gasteiger partial charge in [0.1, 0.15) is 0 Å². The van der Waals surface area contributed by atoms with Crippen LogP contribution in [0.25, 0.3) is 0 Å². The number of nitrogens with one attached hydrogen (secondary N) is 2. The van der Waals surface area contributed by atoms with Crippen LogP contribution < -0.4 is 10.6 Å². The van der Waals surface area contributed by atoms with Gasteiger partial charge in [0.05, 0.1) is 0 Å². The van der Waals surface area contributed by atoms with Crippen molar-refractivity contribution in [3.8, 4) is 0 Å². The van der Waals surface area contributed by atoms with Crippen molar-refractivity contribution in [2.45, 2.75) is 46.1 Å². The zero-order chi connectivity index (χ0) is 14.5. The molecule has 0 unspecified atom stereocenters. The SMILES string of the molecule is CCN[C@H](C)CNC(=O)c1ccc(C(C)(C)C)cc1. The van der Waals surface area contributed by atoms with E-state index in [-0.39, 0.29) is 11.3 Å². The van der Waals surface area contributed by atoms with Crippen LogP contribution in [-0.4, -0.2) is 25.0 Å². The zero-order valence-electron chi connectivity index (χ0n) is 12.7. The van der Waals surface area contributed by atoms with Gasteiger partial charge < -0.3 is 10.6 Å². The predicted molar refractivity (Wildman–Crippen MR) is 80.6 cm³/mol. The van der Waals surface area contributed by atoms with Gasteiger partial charge in [0.15, 0.2) is 0 Å². The van der Waals surface area contributed by atoms with E-state index in [1.165, 1.54) is 5.56 Å². The molecule has 1 rings (SSSR count). The van der Waals surface area contributed by atoms with E-state index in [2.05, 4.69) is 45.3 Å². The van der Waals surface area contributed by atoms with Gasteiger partial charge in [-0.05, 0) is 36.6 Å². The molecule has 0 fully saturated rings. The molecule has 1 atom stereocenters. The summed E-state index contributed by atoms with van der Waals surface area (Å²) in [7, 11) is 0. The number of amides is 1. The van der Waals surface area contributed by atoms with Crippen LogP contribution in [0.5, 0.6) is 0 Å². The lowest BCUT2D eigenvalue weighted by Crippen LogP contribution is -2.38. The third-order valence-electron chi connectivity index (χ3n) is 3.13. The Bertz CT molecular complexity index is 404. The quantitative estimate of drug-likeness (QED) is 0.856. The van der Waals surface area contributed by atoms with Crippen LogP contribution in [0.15, 0.2) is 24.3 Å². The second-order valence-electron chi connectivity index (χ2n) is 6.00. The fourth-order valence-electron chi connectivity index (χ4n) is 1.89. The highest BCUT2D eigenvalue weighted by atomic mass is 16.1. The molecule has 0 bridgehead atoms. The normalized spacial score (nSPS) is 13.1. The Hall–Kier alpha value is -1.35. The Morgan fingerprint density at radius 2 is 1.79 bits per heavy atom. The highest BCUT2D eigenvalue weighted by molar-refractivity contribution is 5.94. The van der Waals surface area contributed by atoms with E-state index in [0.717, 1.165) is 12.1 Å². The van der Waals surface area contributed by atoms with Crippen molar-refractivity contribution < 1.29 is 4.79 Å². The number of carbonyl (C=O) groups excluding carboxylic acids is 1. The molecular formula is C16H26N2O. The molecule has 0 aliphatic heterocycles. The first-order chi connectivity index (χ1) is 8.84. The van der Waals surface area contributed by atoms with Crippen LogP contribution in [0.3, 0.4) is 0 Å². The monoisotopic (exact) mass is 262 g/mol. The molecule has 1 amide bonds. The van der Waals surface area contributed by atoms with Gasteiger partial charge >= 0.3 is 0 Å². The van der Waals surface area contributed by atoms with Crippen LogP contribution in [0, 0.1) is 0 Å². The van der Waals surface area contributed by atoms with Gasteiger partial charge in [0.25, 0.3) is 5.91 Å². The molecule has 0 aromatic heterocycles. The number of likely N-dealkylation sites (N-methyl/N-ethyl adjacent to an activating group) is 1. The molecule has 2 N–H and O–H groups in total. The third-order valence-corrected chi connectivity index (χ3v) is 3.13. The van der Waals surface area contributed by atoms with Crippen molar-refractivity contribution in [2.24, 2.45) is 0 Å². The standard InChI is InChI=1S/C16H26N2O/c1-6-17-12(2)11-18-15(19)13-7-9-14(10-8-13)16(3,4)5/h7-10,12,17H,6,11H2,1-5H3,(H,18,19)/t12-/m1/s1. The van der Waals surface area contributed by atoms with Crippen LogP contribution in [0.1, 0.15) is 50.5 Å². The molecule has 19 heavy (non-hydrogen) atoms. The molecule has 3 nitrogen and oxygen atoms in total. The molecule has 1 aromatic rings. The lowest BCUT2D eigenvalue weighted by atomic mass is 9.87. The summed E-state index contributed by atoms with van der Waals surface area (Å²) in [6, 6.07) is 8.15. The van der Waals surface area contributed by atoms with E-state index in [4.69, 9.17) is 0 Å². The average Bonchev–Trinajstić information content (AvgIpc) is 2.35. The van der Waals surface area contributed by atoms with Crippen molar-refractivity contribution in [1.82, 2.24) is 10.6 Å². The molecule has 0 spiro atoms. The fraction of sp³-hybridized carbons (Fsp3) is 0.562. The Balaban J connectivity index is 2.59. The minimum atomic E-state index is -0.00906. The molecule has 0 radical (unpaired) electrons. The van der Waals surface area contributed by atoms with E-state index in [0.29, 0.717) is 12.6 Å². The first kappa shape index (κ1) is 15.7. The predicted octanol–water partition coefficient (Wildman–Crippen LogP) is 2.71. The second kappa shape index (κ2) is 6.71. The van der Waals surface area contributed by atoms with E-state index in [1.54, 1.807) is 0 Å². The third kappa shape index (κ3) is 5.03. The van der Waals surface area contributed by atoms with Gasteiger partial charge in [-0.2, -0.15) is 0 Å². The van der Waals surface area contributed by atoms with Crippen LogP contribution >= 0.6 is 0 Å². The van der Waals surface area contributed by atoms with E-state index in [1.807, 2.05) is 24.3 Å². The van der Waals surface area contributed by atoms with E-state index < -0.39 is 0 Å². The number of hydrogen-bond acceptors (Lipinski definition) is 2. The van der Waals surface area contributed by atoms with E-state index >= 15 is 0 Å². The zero-order valence-corrected chi connectivity index (χ0v) is 12.7. The topological polar surface area (TPSA) is 41.1 Å². The molecule has 1 aromatic carbocycles. The van der Waals surface area contributed by atoms with Crippen LogP contribution in [-0.2, 0) is 5.41 Å². The highest BCUT2D eigenvalue weighted by Gasteiger charge is 2.14. The molecule has 0 saturated heterocycles. The maximum atomic E-state index is 12.0. The Kier molecular flexibility index (Phi) is 5.55. The van der Waals surface area contributed by atoms with Crippen molar-refractivity contribution in [3.63, 3.8) is 0 Å². The molecule has 0 aliphatic carbocycles. The van der Waals surface area contributed by atoms with Gasteiger partial charge in [-0.3, -0.25) is 4.79 Å². The lowest BCUT2D eigenvalue weighted by molar-refractivity contribution is 0.0950. The van der Waals surface area contributed by atoms with Crippen LogP contribution in [0.4, 0.5) is 0 Å². The molecule has 3 heteroatoms. The number of hydrogen-bond donors (Lipinski definition) is 2. The number of carbonyl (C=O) groups is 1. The highest BCUT2D eigenvalue weighted by Crippen LogP contribution is 2.22. The van der Waals surface area contributed by atoms with Gasteiger partial charge in [0, 0.05) is 18.2 Å². The number of rotatable bonds is 5. The van der Waals surface area contributed by atoms with Gasteiger partial charge in [-0.25, -0.2) is 0 Å². The minimum Gasteiger partial charge on any atom is -0.350 e. The Morgan fingerprint density at radius 1 is 1.21 bits per heavy atom. The minimum absolute atomic E-state index is 0.00906. The van der Waals surface area contributed by atoms with Gasteiger partial charge in [-0.1, -0.05) is 39.8 Å². The Labute approximate surface area is 116 Å². The maximum absolute atomic E-state index is 12.0. The fourth-order valence-corrected chi connectivity index (χ4v) is 1.89. The summed E-state index contributed by atoms with van der Waals surface area (Å²) < 4.78 is 0. The summed E-state index contributed by atoms with van der Waals surface area (Å²) in [4.78, 5) is 12.0. The smallest absolute Gasteiger partial charge is 0.251 e. The molecule has 0 heterocycles. The molecule has 106 valence electrons. The first-order valence-electron chi connectivity index (χ1n) is 6.96. The maximum Gasteiger partial charge on any atom is 0.251 e. The average molecular weight is 262 g/mol. The summed E-state index contributed by atoms with van der Waals surface area (Å²) in [5.74, 6) is -0.00906. The van der Waals surface area contributed by atoms with Crippen molar-refractivity contribution >= 4 is 5.91 Å². The first-order valence-corrected chi connectivity index (χ1v) is 6.96. The van der Waals surface area contributed by atoms with Crippen molar-refractivity contribution in [1.29, 1.82) is 0 Å². The number of benzene rings is 1. The second-order valence-corrected chi connectivity index (χ2v) is 6.00. The van der Waals surface area contributed by atoms with Gasteiger partial charge in [0.2, 0.25) is 0 Å². The van der Waals surface area contributed by atoms with Crippen molar-refractivity contribution in [3.05, 3.63) is 35.4 Å². The summed E-state index contributed by atoms with van der Waals surface area (Å²) in [6.07, 6.45) is 0. The molecule has 0 aliphatic rings.